The van der Waals surface area contributed by atoms with Crippen molar-refractivity contribution in [3.63, 3.8) is 0 Å². The number of methoxy groups -OCH3 is 1. The number of rotatable bonds is 15. The Hall–Kier alpha value is -4.34. The minimum atomic E-state index is -4.24. The summed E-state index contributed by atoms with van der Waals surface area (Å²) in [6.07, 6.45) is 1.94. The van der Waals surface area contributed by atoms with E-state index < -0.39 is 28.5 Å². The number of sulfonamides is 1. The minimum Gasteiger partial charge on any atom is -0.497 e. The Bertz CT molecular complexity index is 1700. The number of nitrogens with zero attached hydrogens (tertiary/aromatic N) is 2. The van der Waals surface area contributed by atoms with E-state index in [0.29, 0.717) is 17.3 Å². The van der Waals surface area contributed by atoms with Crippen molar-refractivity contribution in [3.05, 3.63) is 125 Å². The summed E-state index contributed by atoms with van der Waals surface area (Å²) in [5, 5.41) is 3.43. The SMILES string of the molecule is CCCCNC(=O)[C@H](Cc1ccccc1)N(Cc1ccccc1C)C(=O)CN(c1ccc(Cl)cc1)S(=O)(=O)c1ccc(OC)cc1. The smallest absolute Gasteiger partial charge is 0.264 e. The zero-order valence-corrected chi connectivity index (χ0v) is 27.9. The maximum absolute atomic E-state index is 14.5. The number of carbonyl (C=O) groups is 2. The number of carbonyl (C=O) groups excluding carboxylic acids is 2. The fourth-order valence-electron chi connectivity index (χ4n) is 5.04. The monoisotopic (exact) mass is 661 g/mol. The zero-order chi connectivity index (χ0) is 33.1. The van der Waals surface area contributed by atoms with Gasteiger partial charge in [0.1, 0.15) is 18.3 Å². The van der Waals surface area contributed by atoms with Crippen molar-refractivity contribution in [3.8, 4) is 5.75 Å². The lowest BCUT2D eigenvalue weighted by Gasteiger charge is -2.34. The van der Waals surface area contributed by atoms with Gasteiger partial charge in [0.15, 0.2) is 0 Å². The number of anilines is 1. The Kier molecular flexibility index (Phi) is 12.2. The van der Waals surface area contributed by atoms with Crippen LogP contribution in [0.1, 0.15) is 36.5 Å². The number of amides is 2. The summed E-state index contributed by atoms with van der Waals surface area (Å²) in [6.45, 7) is 4.02. The molecular formula is C36H40ClN3O5S. The van der Waals surface area contributed by atoms with Gasteiger partial charge in [0.05, 0.1) is 17.7 Å². The number of hydrogen-bond acceptors (Lipinski definition) is 5. The molecule has 0 saturated carbocycles. The summed E-state index contributed by atoms with van der Waals surface area (Å²) in [7, 11) is -2.74. The first-order valence-corrected chi connectivity index (χ1v) is 17.0. The number of nitrogens with one attached hydrogen (secondary N) is 1. The van der Waals surface area contributed by atoms with Gasteiger partial charge in [-0.25, -0.2) is 8.42 Å². The summed E-state index contributed by atoms with van der Waals surface area (Å²) in [4.78, 5) is 29.9. The molecule has 0 aromatic heterocycles. The van der Waals surface area contributed by atoms with Crippen molar-refractivity contribution in [2.24, 2.45) is 0 Å². The Morgan fingerprint density at radius 3 is 2.17 bits per heavy atom. The van der Waals surface area contributed by atoms with Gasteiger partial charge in [-0.1, -0.05) is 79.5 Å². The van der Waals surface area contributed by atoms with Gasteiger partial charge in [0, 0.05) is 24.5 Å². The van der Waals surface area contributed by atoms with Gasteiger partial charge in [-0.3, -0.25) is 13.9 Å². The van der Waals surface area contributed by atoms with Crippen LogP contribution in [-0.2, 0) is 32.6 Å². The lowest BCUT2D eigenvalue weighted by Crippen LogP contribution is -2.53. The number of benzene rings is 4. The van der Waals surface area contributed by atoms with Gasteiger partial charge >= 0.3 is 0 Å². The fraction of sp³-hybridized carbons (Fsp3) is 0.278. The molecule has 0 unspecified atom stereocenters. The van der Waals surface area contributed by atoms with E-state index in [-0.39, 0.29) is 29.5 Å². The van der Waals surface area contributed by atoms with Gasteiger partial charge in [0.25, 0.3) is 10.0 Å². The van der Waals surface area contributed by atoms with Crippen LogP contribution in [-0.4, -0.2) is 51.4 Å². The number of hydrogen-bond donors (Lipinski definition) is 1. The molecule has 8 nitrogen and oxygen atoms in total. The third-order valence-electron chi connectivity index (χ3n) is 7.74. The van der Waals surface area contributed by atoms with Crippen LogP contribution in [0.5, 0.6) is 5.75 Å². The molecule has 4 aromatic carbocycles. The van der Waals surface area contributed by atoms with Crippen molar-refractivity contribution in [2.75, 3.05) is 24.5 Å². The third kappa shape index (κ3) is 8.89. The van der Waals surface area contributed by atoms with Crippen LogP contribution in [0.2, 0.25) is 5.02 Å². The van der Waals surface area contributed by atoms with Crippen molar-refractivity contribution in [1.29, 1.82) is 0 Å². The second-order valence-corrected chi connectivity index (χ2v) is 13.3. The Balaban J connectivity index is 1.79. The highest BCUT2D eigenvalue weighted by molar-refractivity contribution is 7.92. The standard InChI is InChI=1S/C36H40ClN3O5S/c1-4-5-23-38-36(42)34(24-28-12-7-6-8-13-28)39(25-29-14-10-9-11-27(29)2)35(41)26-40(31-17-15-30(37)16-18-31)46(43,44)33-21-19-32(45-3)20-22-33/h6-22,34H,4-5,23-26H2,1-3H3,(H,38,42)/t34-/m0/s1. The molecular weight excluding hydrogens is 622 g/mol. The quantitative estimate of drug-likeness (QED) is 0.149. The zero-order valence-electron chi connectivity index (χ0n) is 26.4. The number of ether oxygens (including phenoxy) is 1. The van der Waals surface area contributed by atoms with E-state index in [0.717, 1.165) is 33.8 Å². The first kappa shape index (κ1) is 34.5. The molecule has 2 amide bonds. The summed E-state index contributed by atoms with van der Waals surface area (Å²) in [5.41, 5.74) is 2.94. The van der Waals surface area contributed by atoms with Crippen molar-refractivity contribution < 1.29 is 22.7 Å². The Morgan fingerprint density at radius 1 is 0.891 bits per heavy atom. The highest BCUT2D eigenvalue weighted by atomic mass is 35.5. The van der Waals surface area contributed by atoms with Crippen molar-refractivity contribution >= 4 is 39.1 Å². The maximum atomic E-state index is 14.5. The van der Waals surface area contributed by atoms with Crippen molar-refractivity contribution in [2.45, 2.75) is 50.6 Å². The molecule has 0 aliphatic rings. The van der Waals surface area contributed by atoms with E-state index in [4.69, 9.17) is 16.3 Å². The fourth-order valence-corrected chi connectivity index (χ4v) is 6.58. The average molecular weight is 662 g/mol. The topological polar surface area (TPSA) is 96.0 Å². The molecule has 0 spiro atoms. The second-order valence-electron chi connectivity index (χ2n) is 11.0. The summed E-state index contributed by atoms with van der Waals surface area (Å²) < 4.78 is 34.6. The van der Waals surface area contributed by atoms with Crippen LogP contribution in [0.15, 0.2) is 108 Å². The van der Waals surface area contributed by atoms with E-state index in [2.05, 4.69) is 5.32 Å². The summed E-state index contributed by atoms with van der Waals surface area (Å²) in [6, 6.07) is 28.5. The predicted molar refractivity (Wildman–Crippen MR) is 183 cm³/mol. The normalized spacial score (nSPS) is 11.8. The summed E-state index contributed by atoms with van der Waals surface area (Å²) in [5.74, 6) is -0.326. The van der Waals surface area contributed by atoms with E-state index in [1.54, 1.807) is 36.4 Å². The number of aryl methyl sites for hydroxylation is 1. The van der Waals surface area contributed by atoms with Gasteiger partial charge in [0.2, 0.25) is 11.8 Å². The van der Waals surface area contributed by atoms with Crippen LogP contribution in [0, 0.1) is 6.92 Å². The Morgan fingerprint density at radius 2 is 1.54 bits per heavy atom. The molecule has 0 bridgehead atoms. The van der Waals surface area contributed by atoms with E-state index in [9.17, 15) is 18.0 Å². The number of unbranched alkanes of at least 4 members (excludes halogenated alkanes) is 1. The number of halogens is 1. The van der Waals surface area contributed by atoms with Crippen LogP contribution in [0.4, 0.5) is 5.69 Å². The minimum absolute atomic E-state index is 0.0142. The molecule has 10 heteroatoms. The van der Waals surface area contributed by atoms with E-state index in [1.165, 1.54) is 24.1 Å². The van der Waals surface area contributed by atoms with Gasteiger partial charge in [-0.05, 0) is 78.6 Å². The van der Waals surface area contributed by atoms with E-state index in [1.807, 2.05) is 68.4 Å². The summed E-state index contributed by atoms with van der Waals surface area (Å²) >= 11 is 6.15. The molecule has 242 valence electrons. The van der Waals surface area contributed by atoms with Gasteiger partial charge in [-0.15, -0.1) is 0 Å². The molecule has 1 N–H and O–H groups in total. The lowest BCUT2D eigenvalue weighted by atomic mass is 10.0. The van der Waals surface area contributed by atoms with E-state index >= 15 is 0 Å². The lowest BCUT2D eigenvalue weighted by molar-refractivity contribution is -0.140. The average Bonchev–Trinajstić information content (AvgIpc) is 3.07. The van der Waals surface area contributed by atoms with Crippen LogP contribution >= 0.6 is 11.6 Å². The first-order valence-electron chi connectivity index (χ1n) is 15.2. The van der Waals surface area contributed by atoms with Crippen molar-refractivity contribution in [1.82, 2.24) is 10.2 Å². The maximum Gasteiger partial charge on any atom is 0.264 e. The van der Waals surface area contributed by atoms with Crippen LogP contribution in [0.25, 0.3) is 0 Å². The highest BCUT2D eigenvalue weighted by Gasteiger charge is 2.34. The van der Waals surface area contributed by atoms with Gasteiger partial charge in [-0.2, -0.15) is 0 Å². The molecule has 46 heavy (non-hydrogen) atoms. The molecule has 0 aliphatic heterocycles. The molecule has 4 rings (SSSR count). The highest BCUT2D eigenvalue weighted by Crippen LogP contribution is 2.27. The predicted octanol–water partition coefficient (Wildman–Crippen LogP) is 6.41. The first-order chi connectivity index (χ1) is 22.1. The molecule has 0 aliphatic carbocycles. The molecule has 0 radical (unpaired) electrons. The van der Waals surface area contributed by atoms with Crippen LogP contribution in [0.3, 0.4) is 0 Å². The molecule has 4 aromatic rings. The Labute approximate surface area is 277 Å². The van der Waals surface area contributed by atoms with Gasteiger partial charge < -0.3 is 15.0 Å². The molecule has 0 fully saturated rings. The second kappa shape index (κ2) is 16.3. The molecule has 0 heterocycles. The molecule has 0 saturated heterocycles. The third-order valence-corrected chi connectivity index (χ3v) is 9.78. The van der Waals surface area contributed by atoms with Crippen LogP contribution < -0.4 is 14.4 Å². The molecule has 1 atom stereocenters. The largest absolute Gasteiger partial charge is 0.497 e.